The van der Waals surface area contributed by atoms with Crippen LogP contribution in [0.3, 0.4) is 0 Å². The lowest BCUT2D eigenvalue weighted by Gasteiger charge is -2.13. The van der Waals surface area contributed by atoms with Crippen molar-refractivity contribution in [3.05, 3.63) is 28.8 Å². The molecule has 0 atom stereocenters. The van der Waals surface area contributed by atoms with Crippen molar-refractivity contribution < 1.29 is 14.6 Å². The molecule has 0 aliphatic carbocycles. The number of hydrogen-bond donors (Lipinski definition) is 1. The Morgan fingerprint density at radius 1 is 0.618 bits per heavy atom. The summed E-state index contributed by atoms with van der Waals surface area (Å²) in [6, 6.07) is 3.68. The number of benzene rings is 1. The van der Waals surface area contributed by atoms with Crippen LogP contribution in [-0.2, 0) is 17.6 Å². The largest absolute Gasteiger partial charge is 0.507 e. The first-order chi connectivity index (χ1) is 16.6. The van der Waals surface area contributed by atoms with Crippen LogP contribution in [0.4, 0.5) is 0 Å². The van der Waals surface area contributed by atoms with Crippen LogP contribution in [0.5, 0.6) is 5.75 Å². The maximum atomic E-state index is 12.6. The van der Waals surface area contributed by atoms with Crippen LogP contribution in [0.25, 0.3) is 0 Å². The summed E-state index contributed by atoms with van der Waals surface area (Å²) >= 11 is 0. The number of hydrogen-bond acceptors (Lipinski definition) is 3. The highest BCUT2D eigenvalue weighted by Crippen LogP contribution is 2.28. The molecule has 0 fully saturated rings. The zero-order valence-corrected chi connectivity index (χ0v) is 22.8. The average Bonchev–Trinajstić information content (AvgIpc) is 2.84. The molecule has 0 bridgehead atoms. The van der Waals surface area contributed by atoms with Crippen LogP contribution in [-0.4, -0.2) is 17.7 Å². The lowest BCUT2D eigenvalue weighted by atomic mass is 9.97. The lowest BCUT2D eigenvalue weighted by Crippen LogP contribution is -2.08. The van der Waals surface area contributed by atoms with Gasteiger partial charge in [0.05, 0.1) is 12.2 Å². The first-order valence-electron chi connectivity index (χ1n) is 14.7. The standard InChI is InChI=1S/C31H54O3/c1-4-7-10-11-12-13-14-15-16-17-18-19-20-21-24-34-31(33)29-25-27(22-8-5-2)30(32)28(26-29)23-9-6-3/h25-26,32H,4-24H2,1-3H3. The molecule has 0 spiro atoms. The highest BCUT2D eigenvalue weighted by Gasteiger charge is 2.15. The second-order valence-corrected chi connectivity index (χ2v) is 10.1. The van der Waals surface area contributed by atoms with Crippen LogP contribution in [0.15, 0.2) is 12.1 Å². The second kappa shape index (κ2) is 20.8. The SMILES string of the molecule is CCCCCCCCCCCCCCCCOC(=O)c1cc(CCCC)c(O)c(CCCC)c1. The van der Waals surface area contributed by atoms with Gasteiger partial charge in [-0.2, -0.15) is 0 Å². The Hall–Kier alpha value is -1.51. The van der Waals surface area contributed by atoms with Gasteiger partial charge in [0.1, 0.15) is 5.75 Å². The van der Waals surface area contributed by atoms with E-state index in [0.717, 1.165) is 62.5 Å². The molecule has 0 aliphatic rings. The molecule has 3 heteroatoms. The van der Waals surface area contributed by atoms with Crippen molar-refractivity contribution in [2.75, 3.05) is 6.61 Å². The summed E-state index contributed by atoms with van der Waals surface area (Å²) in [7, 11) is 0. The van der Waals surface area contributed by atoms with Crippen LogP contribution < -0.4 is 0 Å². The molecule has 1 aromatic rings. The first-order valence-corrected chi connectivity index (χ1v) is 14.7. The predicted molar refractivity (Wildman–Crippen MR) is 146 cm³/mol. The fourth-order valence-corrected chi connectivity index (χ4v) is 4.54. The van der Waals surface area contributed by atoms with Crippen molar-refractivity contribution in [3.8, 4) is 5.75 Å². The van der Waals surface area contributed by atoms with E-state index in [9.17, 15) is 9.90 Å². The van der Waals surface area contributed by atoms with Gasteiger partial charge in [-0.1, -0.05) is 117 Å². The topological polar surface area (TPSA) is 46.5 Å². The number of unbranched alkanes of at least 4 members (excludes halogenated alkanes) is 15. The van der Waals surface area contributed by atoms with Crippen molar-refractivity contribution in [2.45, 2.75) is 149 Å². The molecule has 0 aromatic heterocycles. The molecule has 1 N–H and O–H groups in total. The highest BCUT2D eigenvalue weighted by molar-refractivity contribution is 5.90. The molecule has 1 rings (SSSR count). The van der Waals surface area contributed by atoms with E-state index in [1.54, 1.807) is 0 Å². The Balaban J connectivity index is 2.20. The van der Waals surface area contributed by atoms with Gasteiger partial charge in [-0.15, -0.1) is 0 Å². The number of carbonyl (C=O) groups is 1. The number of phenols is 1. The van der Waals surface area contributed by atoms with E-state index in [0.29, 0.717) is 17.9 Å². The number of esters is 1. The molecule has 196 valence electrons. The van der Waals surface area contributed by atoms with Crippen LogP contribution >= 0.6 is 0 Å². The number of rotatable bonds is 22. The van der Waals surface area contributed by atoms with E-state index in [-0.39, 0.29) is 5.97 Å². The van der Waals surface area contributed by atoms with Gasteiger partial charge in [0.2, 0.25) is 0 Å². The van der Waals surface area contributed by atoms with Gasteiger partial charge in [0, 0.05) is 0 Å². The van der Waals surface area contributed by atoms with E-state index in [1.165, 1.54) is 77.0 Å². The van der Waals surface area contributed by atoms with Crippen molar-refractivity contribution >= 4 is 5.97 Å². The molecule has 0 saturated carbocycles. The molecule has 0 amide bonds. The lowest BCUT2D eigenvalue weighted by molar-refractivity contribution is 0.0497. The maximum absolute atomic E-state index is 12.6. The number of carbonyl (C=O) groups excluding carboxylic acids is 1. The smallest absolute Gasteiger partial charge is 0.338 e. The third-order valence-corrected chi connectivity index (χ3v) is 6.83. The van der Waals surface area contributed by atoms with Gasteiger partial charge in [-0.05, 0) is 55.4 Å². The minimum atomic E-state index is -0.245. The Morgan fingerprint density at radius 3 is 1.41 bits per heavy atom. The number of aromatic hydroxyl groups is 1. The van der Waals surface area contributed by atoms with E-state index < -0.39 is 0 Å². The van der Waals surface area contributed by atoms with E-state index >= 15 is 0 Å². The number of aryl methyl sites for hydroxylation is 2. The summed E-state index contributed by atoms with van der Waals surface area (Å²) in [5.74, 6) is 0.135. The Labute approximate surface area is 211 Å². The second-order valence-electron chi connectivity index (χ2n) is 10.1. The average molecular weight is 475 g/mol. The van der Waals surface area contributed by atoms with Crippen molar-refractivity contribution in [1.29, 1.82) is 0 Å². The van der Waals surface area contributed by atoms with Gasteiger partial charge in [0.25, 0.3) is 0 Å². The molecule has 1 aromatic carbocycles. The van der Waals surface area contributed by atoms with Crippen molar-refractivity contribution in [3.63, 3.8) is 0 Å². The fourth-order valence-electron chi connectivity index (χ4n) is 4.54. The Kier molecular flexibility index (Phi) is 18.7. The molecule has 0 unspecified atom stereocenters. The molecule has 0 heterocycles. The van der Waals surface area contributed by atoms with Crippen LogP contribution in [0.1, 0.15) is 158 Å². The molecular formula is C31H54O3. The zero-order valence-electron chi connectivity index (χ0n) is 22.8. The zero-order chi connectivity index (χ0) is 24.9. The quantitative estimate of drug-likeness (QED) is 0.134. The molecular weight excluding hydrogens is 420 g/mol. The summed E-state index contributed by atoms with van der Waals surface area (Å²) < 4.78 is 5.57. The number of phenolic OH excluding ortho intramolecular Hbond substituents is 1. The summed E-state index contributed by atoms with van der Waals surface area (Å²) in [6.45, 7) is 7.05. The normalized spacial score (nSPS) is 11.1. The van der Waals surface area contributed by atoms with Gasteiger partial charge >= 0.3 is 5.97 Å². The highest BCUT2D eigenvalue weighted by atomic mass is 16.5. The van der Waals surface area contributed by atoms with Gasteiger partial charge < -0.3 is 9.84 Å². The summed E-state index contributed by atoms with van der Waals surface area (Å²) in [5, 5.41) is 10.6. The van der Waals surface area contributed by atoms with E-state index in [1.807, 2.05) is 12.1 Å². The Bertz CT molecular complexity index is 609. The first kappa shape index (κ1) is 30.5. The third kappa shape index (κ3) is 14.0. The molecule has 0 radical (unpaired) electrons. The van der Waals surface area contributed by atoms with Gasteiger partial charge in [0.15, 0.2) is 0 Å². The molecule has 34 heavy (non-hydrogen) atoms. The van der Waals surface area contributed by atoms with Crippen LogP contribution in [0, 0.1) is 0 Å². The maximum Gasteiger partial charge on any atom is 0.338 e. The summed E-state index contributed by atoms with van der Waals surface area (Å²) in [4.78, 5) is 12.6. The minimum absolute atomic E-state index is 0.245. The monoisotopic (exact) mass is 474 g/mol. The third-order valence-electron chi connectivity index (χ3n) is 6.83. The van der Waals surface area contributed by atoms with Crippen molar-refractivity contribution in [1.82, 2.24) is 0 Å². The molecule has 0 aliphatic heterocycles. The minimum Gasteiger partial charge on any atom is -0.507 e. The summed E-state index contributed by atoms with van der Waals surface area (Å²) in [5.41, 5.74) is 2.37. The van der Waals surface area contributed by atoms with Gasteiger partial charge in [-0.3, -0.25) is 0 Å². The van der Waals surface area contributed by atoms with Crippen LogP contribution in [0.2, 0.25) is 0 Å². The number of ether oxygens (including phenoxy) is 1. The summed E-state index contributed by atoms with van der Waals surface area (Å²) in [6.07, 6.45) is 24.3. The Morgan fingerprint density at radius 2 is 1.00 bits per heavy atom. The van der Waals surface area contributed by atoms with E-state index in [4.69, 9.17) is 4.74 Å². The molecule has 0 saturated heterocycles. The van der Waals surface area contributed by atoms with Crippen molar-refractivity contribution in [2.24, 2.45) is 0 Å². The fraction of sp³-hybridized carbons (Fsp3) is 0.774. The van der Waals surface area contributed by atoms with E-state index in [2.05, 4.69) is 20.8 Å². The predicted octanol–water partition coefficient (Wildman–Crippen LogP) is 9.72. The van der Waals surface area contributed by atoms with Gasteiger partial charge in [-0.25, -0.2) is 4.79 Å². The molecule has 3 nitrogen and oxygen atoms in total.